The number of rotatable bonds is 5. The zero-order valence-corrected chi connectivity index (χ0v) is 11.0. The second kappa shape index (κ2) is 5.73. The second-order valence-electron chi connectivity index (χ2n) is 4.95. The Morgan fingerprint density at radius 3 is 2.11 bits per heavy atom. The normalized spacial score (nSPS) is 17.2. The van der Waals surface area contributed by atoms with Gasteiger partial charge in [-0.3, -0.25) is 0 Å². The Bertz CT molecular complexity index is 319. The third-order valence-corrected chi connectivity index (χ3v) is 2.48. The molecule has 3 nitrogen and oxygen atoms in total. The van der Waals surface area contributed by atoms with Gasteiger partial charge in [0.1, 0.15) is 6.10 Å². The molecule has 2 atom stereocenters. The molecule has 0 radical (unpaired) electrons. The third kappa shape index (κ3) is 4.33. The van der Waals surface area contributed by atoms with Crippen molar-refractivity contribution in [3.63, 3.8) is 0 Å². The minimum absolute atomic E-state index is 0.0123. The van der Waals surface area contributed by atoms with Gasteiger partial charge in [-0.15, -0.1) is 0 Å². The summed E-state index contributed by atoms with van der Waals surface area (Å²) in [5, 5.41) is 9.56. The van der Waals surface area contributed by atoms with Gasteiger partial charge in [-0.05, 0) is 26.2 Å². The fraction of sp³-hybridized carbons (Fsp3) is 0.750. The number of hydrogen-bond donors (Lipinski definition) is 1. The van der Waals surface area contributed by atoms with Crippen LogP contribution in [0.2, 0.25) is 0 Å². The molecule has 0 aromatic rings. The van der Waals surface area contributed by atoms with Crippen molar-refractivity contribution in [1.82, 2.24) is 0 Å². The Morgan fingerprint density at radius 2 is 1.83 bits per heavy atom. The minimum Gasteiger partial charge on any atom is -0.456 e. The smallest absolute Gasteiger partial charge is 0.420 e. The lowest BCUT2D eigenvalue weighted by atomic mass is 9.91. The van der Waals surface area contributed by atoms with E-state index in [2.05, 4.69) is 6.58 Å². The molecular formula is C12H19F3O3. The molecule has 0 aromatic carbocycles. The van der Waals surface area contributed by atoms with Gasteiger partial charge in [0.15, 0.2) is 5.60 Å². The number of halogens is 3. The summed E-state index contributed by atoms with van der Waals surface area (Å²) in [6.45, 7) is 8.58. The maximum Gasteiger partial charge on any atom is 0.420 e. The number of ether oxygens (including phenoxy) is 1. The van der Waals surface area contributed by atoms with Crippen LogP contribution in [0.3, 0.4) is 0 Å². The van der Waals surface area contributed by atoms with Crippen molar-refractivity contribution < 1.29 is 27.8 Å². The highest BCUT2D eigenvalue weighted by molar-refractivity contribution is 5.87. The topological polar surface area (TPSA) is 46.5 Å². The molecule has 2 unspecified atom stereocenters. The van der Waals surface area contributed by atoms with Gasteiger partial charge in [0.2, 0.25) is 0 Å². The summed E-state index contributed by atoms with van der Waals surface area (Å²) in [4.78, 5) is 11.3. The molecule has 0 aliphatic heterocycles. The number of hydrogen-bond acceptors (Lipinski definition) is 3. The van der Waals surface area contributed by atoms with Crippen molar-refractivity contribution in [3.05, 3.63) is 12.2 Å². The first kappa shape index (κ1) is 17.0. The molecule has 0 spiro atoms. The molecule has 0 amide bonds. The monoisotopic (exact) mass is 268 g/mol. The van der Waals surface area contributed by atoms with Crippen LogP contribution in [-0.2, 0) is 9.53 Å². The lowest BCUT2D eigenvalue weighted by molar-refractivity contribution is -0.286. The summed E-state index contributed by atoms with van der Waals surface area (Å²) in [7, 11) is 0. The lowest BCUT2D eigenvalue weighted by Gasteiger charge is -2.34. The number of aliphatic hydroxyl groups is 1. The first-order valence-electron chi connectivity index (χ1n) is 5.55. The van der Waals surface area contributed by atoms with Crippen LogP contribution in [0.15, 0.2) is 12.2 Å². The van der Waals surface area contributed by atoms with Gasteiger partial charge in [0.05, 0.1) is 0 Å². The Balaban J connectivity index is 5.11. The zero-order chi connectivity index (χ0) is 14.7. The molecule has 106 valence electrons. The van der Waals surface area contributed by atoms with Crippen molar-refractivity contribution >= 4 is 5.97 Å². The van der Waals surface area contributed by atoms with Crippen LogP contribution in [0.25, 0.3) is 0 Å². The molecule has 0 aliphatic carbocycles. The lowest BCUT2D eigenvalue weighted by Crippen LogP contribution is -2.54. The van der Waals surface area contributed by atoms with Gasteiger partial charge in [-0.2, -0.15) is 13.2 Å². The van der Waals surface area contributed by atoms with Gasteiger partial charge in [-0.1, -0.05) is 20.4 Å². The molecule has 0 aromatic heterocycles. The van der Waals surface area contributed by atoms with Crippen LogP contribution in [0, 0.1) is 5.92 Å². The van der Waals surface area contributed by atoms with E-state index in [1.807, 2.05) is 0 Å². The zero-order valence-electron chi connectivity index (χ0n) is 11.0. The highest BCUT2D eigenvalue weighted by atomic mass is 19.4. The predicted octanol–water partition coefficient (Wildman–Crippen LogP) is 2.83. The van der Waals surface area contributed by atoms with Gasteiger partial charge in [0, 0.05) is 5.57 Å². The Hall–Kier alpha value is -1.04. The van der Waals surface area contributed by atoms with Crippen molar-refractivity contribution in [2.24, 2.45) is 5.92 Å². The molecular weight excluding hydrogens is 249 g/mol. The summed E-state index contributed by atoms with van der Waals surface area (Å²) in [5.41, 5.74) is -3.09. The van der Waals surface area contributed by atoms with Crippen LogP contribution in [0.1, 0.15) is 34.1 Å². The van der Waals surface area contributed by atoms with Gasteiger partial charge in [-0.25, -0.2) is 4.79 Å². The van der Waals surface area contributed by atoms with Crippen molar-refractivity contribution in [3.8, 4) is 0 Å². The third-order valence-electron chi connectivity index (χ3n) is 2.48. The van der Waals surface area contributed by atoms with Crippen LogP contribution in [-0.4, -0.2) is 29.0 Å². The molecule has 0 saturated carbocycles. The quantitative estimate of drug-likeness (QED) is 0.616. The predicted molar refractivity (Wildman–Crippen MR) is 60.8 cm³/mol. The number of carbonyl (C=O) groups excluding carboxylic acids is 1. The molecule has 0 rings (SSSR count). The van der Waals surface area contributed by atoms with E-state index in [0.29, 0.717) is 6.92 Å². The average molecular weight is 268 g/mol. The Labute approximate surface area is 105 Å². The largest absolute Gasteiger partial charge is 0.456 e. The maximum atomic E-state index is 12.7. The molecule has 0 bridgehead atoms. The highest BCUT2D eigenvalue weighted by Crippen LogP contribution is 2.36. The van der Waals surface area contributed by atoms with E-state index in [-0.39, 0.29) is 17.9 Å². The van der Waals surface area contributed by atoms with E-state index < -0.39 is 23.9 Å². The maximum absolute atomic E-state index is 12.7. The standard InChI is InChI=1S/C12H19F3O3/c1-7(2)6-9(18-10(16)8(3)4)11(5,17)12(13,14)15/h7,9,17H,3,6H2,1-2,4-5H3. The molecule has 1 N–H and O–H groups in total. The van der Waals surface area contributed by atoms with Gasteiger partial charge >= 0.3 is 12.1 Å². The summed E-state index contributed by atoms with van der Waals surface area (Å²) < 4.78 is 42.9. The van der Waals surface area contributed by atoms with E-state index >= 15 is 0 Å². The van der Waals surface area contributed by atoms with Gasteiger partial charge < -0.3 is 9.84 Å². The number of esters is 1. The first-order valence-corrected chi connectivity index (χ1v) is 5.55. The highest BCUT2D eigenvalue weighted by Gasteiger charge is 2.56. The summed E-state index contributed by atoms with van der Waals surface area (Å²) >= 11 is 0. The number of carbonyl (C=O) groups is 1. The van der Waals surface area contributed by atoms with Crippen LogP contribution in [0.5, 0.6) is 0 Å². The first-order chi connectivity index (χ1) is 7.89. The number of alkyl halides is 3. The Kier molecular flexibility index (Phi) is 5.40. The summed E-state index contributed by atoms with van der Waals surface area (Å²) in [6, 6.07) is 0. The molecule has 6 heteroatoms. The van der Waals surface area contributed by atoms with E-state index in [0.717, 1.165) is 0 Å². The van der Waals surface area contributed by atoms with Crippen LogP contribution >= 0.6 is 0 Å². The van der Waals surface area contributed by atoms with Crippen LogP contribution < -0.4 is 0 Å². The van der Waals surface area contributed by atoms with E-state index in [1.165, 1.54) is 6.92 Å². The van der Waals surface area contributed by atoms with E-state index in [1.54, 1.807) is 13.8 Å². The van der Waals surface area contributed by atoms with Crippen molar-refractivity contribution in [2.45, 2.75) is 52.0 Å². The molecule has 0 heterocycles. The molecule has 18 heavy (non-hydrogen) atoms. The summed E-state index contributed by atoms with van der Waals surface area (Å²) in [5.74, 6) is -1.10. The molecule has 0 fully saturated rings. The van der Waals surface area contributed by atoms with E-state index in [9.17, 15) is 23.1 Å². The summed E-state index contributed by atoms with van der Waals surface area (Å²) in [6.07, 6.45) is -6.62. The second-order valence-corrected chi connectivity index (χ2v) is 4.95. The fourth-order valence-corrected chi connectivity index (χ4v) is 1.23. The molecule has 0 saturated heterocycles. The molecule has 0 aliphatic rings. The van der Waals surface area contributed by atoms with Gasteiger partial charge in [0.25, 0.3) is 0 Å². The van der Waals surface area contributed by atoms with E-state index in [4.69, 9.17) is 4.74 Å². The Morgan fingerprint density at radius 1 is 1.39 bits per heavy atom. The van der Waals surface area contributed by atoms with Crippen molar-refractivity contribution in [1.29, 1.82) is 0 Å². The minimum atomic E-state index is -4.87. The van der Waals surface area contributed by atoms with Crippen molar-refractivity contribution in [2.75, 3.05) is 0 Å². The average Bonchev–Trinajstić information content (AvgIpc) is 2.13. The van der Waals surface area contributed by atoms with Crippen LogP contribution in [0.4, 0.5) is 13.2 Å². The SMILES string of the molecule is C=C(C)C(=O)OC(CC(C)C)C(C)(O)C(F)(F)F. The fourth-order valence-electron chi connectivity index (χ4n) is 1.23.